The maximum Gasteiger partial charge on any atom is 0.333 e. The zero-order chi connectivity index (χ0) is 30.2. The Labute approximate surface area is 244 Å². The van der Waals surface area contributed by atoms with Crippen LogP contribution in [0.3, 0.4) is 0 Å². The van der Waals surface area contributed by atoms with Crippen molar-refractivity contribution in [3.8, 4) is 11.5 Å². The highest BCUT2D eigenvalue weighted by molar-refractivity contribution is 5.89. The molecule has 0 radical (unpaired) electrons. The highest BCUT2D eigenvalue weighted by atomic mass is 16.6. The fourth-order valence-corrected chi connectivity index (χ4v) is 3.71. The molecular formula is C33H46O8. The summed E-state index contributed by atoms with van der Waals surface area (Å²) in [6.45, 7) is 18.6. The molecule has 2 aromatic rings. The van der Waals surface area contributed by atoms with Gasteiger partial charge in [0.05, 0.1) is 13.2 Å². The predicted octanol–water partition coefficient (Wildman–Crippen LogP) is 6.52. The van der Waals surface area contributed by atoms with Crippen molar-refractivity contribution in [1.29, 1.82) is 0 Å². The van der Waals surface area contributed by atoms with Gasteiger partial charge in [0.25, 0.3) is 0 Å². The fourth-order valence-electron chi connectivity index (χ4n) is 3.71. The molecule has 0 fully saturated rings. The minimum absolute atomic E-state index is 0.139. The first-order chi connectivity index (χ1) is 19.7. The van der Waals surface area contributed by atoms with Crippen LogP contribution in [-0.4, -0.2) is 63.8 Å². The van der Waals surface area contributed by atoms with E-state index in [1.54, 1.807) is 13.8 Å². The molecule has 0 aliphatic rings. The van der Waals surface area contributed by atoms with E-state index in [-0.39, 0.29) is 26.4 Å². The first-order valence-corrected chi connectivity index (χ1v) is 14.3. The third-order valence-corrected chi connectivity index (χ3v) is 6.21. The quantitative estimate of drug-likeness (QED) is 0.101. The van der Waals surface area contributed by atoms with Crippen LogP contribution in [0.1, 0.15) is 58.9 Å². The van der Waals surface area contributed by atoms with E-state index in [0.29, 0.717) is 35.9 Å². The number of carbonyl (C=O) groups is 2. The molecule has 0 heterocycles. The highest BCUT2D eigenvalue weighted by Crippen LogP contribution is 2.30. The molecule has 0 aliphatic carbocycles. The summed E-state index contributed by atoms with van der Waals surface area (Å²) in [5, 5.41) is 1.97. The first-order valence-electron chi connectivity index (χ1n) is 14.3. The topological polar surface area (TPSA) is 89.5 Å². The molecule has 0 saturated carbocycles. The van der Waals surface area contributed by atoms with Gasteiger partial charge in [0.2, 0.25) is 0 Å². The first kappa shape index (κ1) is 33.8. The fraction of sp³-hybridized carbons (Fsp3) is 0.515. The second kappa shape index (κ2) is 18.1. The van der Waals surface area contributed by atoms with Crippen LogP contribution in [0.15, 0.2) is 54.6 Å². The molecule has 0 N–H and O–H groups in total. The summed E-state index contributed by atoms with van der Waals surface area (Å²) >= 11 is 0. The number of unbranched alkanes of at least 4 members (excludes halogenated alkanes) is 2. The second-order valence-electron chi connectivity index (χ2n) is 10.2. The summed E-state index contributed by atoms with van der Waals surface area (Å²) in [6.07, 6.45) is 2.75. The zero-order valence-corrected chi connectivity index (χ0v) is 25.3. The van der Waals surface area contributed by atoms with Gasteiger partial charge in [-0.05, 0) is 68.1 Å². The van der Waals surface area contributed by atoms with Gasteiger partial charge < -0.3 is 28.4 Å². The number of aryl methyl sites for hydroxylation is 1. The predicted molar refractivity (Wildman–Crippen MR) is 161 cm³/mol. The van der Waals surface area contributed by atoms with Gasteiger partial charge in [-0.2, -0.15) is 0 Å². The summed E-state index contributed by atoms with van der Waals surface area (Å²) in [7, 11) is 0. The number of fused-ring (bicyclic) bond motifs is 1. The smallest absolute Gasteiger partial charge is 0.333 e. The molecule has 0 amide bonds. The monoisotopic (exact) mass is 570 g/mol. The zero-order valence-electron chi connectivity index (χ0n) is 25.3. The van der Waals surface area contributed by atoms with Gasteiger partial charge in [0.1, 0.15) is 24.7 Å². The Morgan fingerprint density at radius 2 is 1.27 bits per heavy atom. The van der Waals surface area contributed by atoms with Gasteiger partial charge >= 0.3 is 11.9 Å². The van der Waals surface area contributed by atoms with E-state index in [2.05, 4.69) is 27.0 Å². The molecule has 2 aromatic carbocycles. The molecular weight excluding hydrogens is 524 g/mol. The number of hydrogen-bond acceptors (Lipinski definition) is 8. The van der Waals surface area contributed by atoms with Crippen molar-refractivity contribution in [2.75, 3.05) is 39.6 Å². The number of carbonyl (C=O) groups excluding carboxylic acids is 2. The van der Waals surface area contributed by atoms with Gasteiger partial charge in [-0.25, -0.2) is 9.59 Å². The average molecular weight is 571 g/mol. The van der Waals surface area contributed by atoms with E-state index in [1.165, 1.54) is 0 Å². The van der Waals surface area contributed by atoms with Crippen LogP contribution < -0.4 is 9.47 Å². The number of benzene rings is 2. The molecule has 226 valence electrons. The third-order valence-electron chi connectivity index (χ3n) is 6.21. The molecule has 0 saturated heterocycles. The lowest BCUT2D eigenvalue weighted by atomic mass is 10.0. The highest BCUT2D eigenvalue weighted by Gasteiger charge is 2.19. The summed E-state index contributed by atoms with van der Waals surface area (Å²) in [6, 6.07) is 9.63. The van der Waals surface area contributed by atoms with E-state index in [4.69, 9.17) is 28.4 Å². The van der Waals surface area contributed by atoms with Crippen LogP contribution in [0.5, 0.6) is 11.5 Å². The Balaban J connectivity index is 2.12. The van der Waals surface area contributed by atoms with Crippen LogP contribution >= 0.6 is 0 Å². The molecule has 0 aromatic heterocycles. The molecule has 0 bridgehead atoms. The minimum atomic E-state index is -0.570. The van der Waals surface area contributed by atoms with Crippen LogP contribution in [0.25, 0.3) is 10.8 Å². The van der Waals surface area contributed by atoms with Gasteiger partial charge in [-0.15, -0.1) is 0 Å². The van der Waals surface area contributed by atoms with Crippen molar-refractivity contribution in [3.63, 3.8) is 0 Å². The van der Waals surface area contributed by atoms with E-state index < -0.39 is 24.1 Å². The second-order valence-corrected chi connectivity index (χ2v) is 10.2. The molecule has 0 spiro atoms. The van der Waals surface area contributed by atoms with E-state index in [9.17, 15) is 9.59 Å². The summed E-state index contributed by atoms with van der Waals surface area (Å²) in [5.74, 6) is 0.340. The summed E-state index contributed by atoms with van der Waals surface area (Å²) in [4.78, 5) is 24.2. The SMILES string of the molecule is C=C(C)C(=O)OC(COCCCC)COc1ccc2ccc(OCC(COCCCC)OC(=O)C(=C)C)c(C)c2c1. The van der Waals surface area contributed by atoms with Gasteiger partial charge in [0, 0.05) is 24.4 Å². The average Bonchev–Trinajstić information content (AvgIpc) is 2.95. The number of esters is 2. The van der Waals surface area contributed by atoms with Crippen molar-refractivity contribution >= 4 is 22.7 Å². The Kier molecular flexibility index (Phi) is 15.0. The van der Waals surface area contributed by atoms with Crippen molar-refractivity contribution in [3.05, 3.63) is 60.2 Å². The standard InChI is InChI=1S/C33H46O8/c1-8-10-16-36-19-28(40-32(34)23(3)4)21-38-27-14-12-26-13-15-31(25(7)30(26)18-27)39-22-29(20-37-17-11-9-2)41-33(35)24(5)6/h12-15,18,28-29H,3,5,8-11,16-17,19-22H2,1-2,4,6-7H3. The van der Waals surface area contributed by atoms with Gasteiger partial charge in [-0.1, -0.05) is 52.0 Å². The number of hydrogen-bond donors (Lipinski definition) is 0. The van der Waals surface area contributed by atoms with Crippen LogP contribution in [-0.2, 0) is 28.5 Å². The summed E-state index contributed by atoms with van der Waals surface area (Å²) < 4.78 is 34.6. The lowest BCUT2D eigenvalue weighted by Gasteiger charge is -2.20. The molecule has 2 atom stereocenters. The van der Waals surface area contributed by atoms with Crippen molar-refractivity contribution in [2.24, 2.45) is 0 Å². The molecule has 2 unspecified atom stereocenters. The van der Waals surface area contributed by atoms with Crippen LogP contribution in [0.2, 0.25) is 0 Å². The van der Waals surface area contributed by atoms with Crippen molar-refractivity contribution in [2.45, 2.75) is 72.5 Å². The molecule has 8 nitrogen and oxygen atoms in total. The number of ether oxygens (including phenoxy) is 6. The Bertz CT molecular complexity index is 1150. The van der Waals surface area contributed by atoms with Crippen molar-refractivity contribution in [1.82, 2.24) is 0 Å². The van der Waals surface area contributed by atoms with Crippen molar-refractivity contribution < 1.29 is 38.0 Å². The Morgan fingerprint density at radius 3 is 1.78 bits per heavy atom. The largest absolute Gasteiger partial charge is 0.490 e. The molecule has 0 aliphatic heterocycles. The van der Waals surface area contributed by atoms with Gasteiger partial charge in [-0.3, -0.25) is 0 Å². The van der Waals surface area contributed by atoms with Crippen LogP contribution in [0, 0.1) is 6.92 Å². The lowest BCUT2D eigenvalue weighted by molar-refractivity contribution is -0.150. The maximum atomic E-state index is 12.1. The van der Waals surface area contributed by atoms with E-state index >= 15 is 0 Å². The Hall–Kier alpha value is -3.36. The molecule has 2 rings (SSSR count). The Morgan fingerprint density at radius 1 is 0.756 bits per heavy atom. The van der Waals surface area contributed by atoms with E-state index in [0.717, 1.165) is 42.0 Å². The third kappa shape index (κ3) is 12.0. The van der Waals surface area contributed by atoms with Gasteiger partial charge in [0.15, 0.2) is 12.2 Å². The summed E-state index contributed by atoms with van der Waals surface area (Å²) in [5.41, 5.74) is 1.56. The molecule has 8 heteroatoms. The maximum absolute atomic E-state index is 12.1. The lowest BCUT2D eigenvalue weighted by Crippen LogP contribution is -2.30. The molecule has 41 heavy (non-hydrogen) atoms. The number of rotatable bonds is 20. The van der Waals surface area contributed by atoms with E-state index in [1.807, 2.05) is 37.3 Å². The minimum Gasteiger partial charge on any atom is -0.490 e. The normalized spacial score (nSPS) is 12.4. The van der Waals surface area contributed by atoms with Crippen LogP contribution in [0.4, 0.5) is 0 Å².